The maximum atomic E-state index is 15.1. The van der Waals surface area contributed by atoms with Crippen molar-refractivity contribution < 1.29 is 127 Å². The Labute approximate surface area is 689 Å². The van der Waals surface area contributed by atoms with Crippen LogP contribution in [0.4, 0.5) is 26.3 Å². The van der Waals surface area contributed by atoms with Gasteiger partial charge in [0.1, 0.15) is 54.5 Å². The Balaban J connectivity index is 0.000000238. The summed E-state index contributed by atoms with van der Waals surface area (Å²) < 4.78 is 141. The number of rotatable bonds is 25. The number of para-hydroxylation sites is 3. The number of carboxylic acid groups (broad SMARTS) is 1. The third kappa shape index (κ3) is 24.5. The molecule has 12 aromatic rings. The number of hydrogen-bond donors (Lipinski definition) is 6. The van der Waals surface area contributed by atoms with Gasteiger partial charge in [-0.05, 0) is 114 Å². The van der Waals surface area contributed by atoms with Crippen LogP contribution in [0.25, 0.3) is 52.5 Å². The molecule has 9 aromatic carbocycles. The van der Waals surface area contributed by atoms with E-state index in [9.17, 15) is 40.4 Å². The van der Waals surface area contributed by atoms with Crippen LogP contribution in [-0.2, 0) is 92.7 Å². The minimum atomic E-state index is -5.87. The fourth-order valence-electron chi connectivity index (χ4n) is 11.0. The van der Waals surface area contributed by atoms with Crippen molar-refractivity contribution in [1.29, 1.82) is 0 Å². The normalized spacial score (nSPS) is 10.9. The molecule has 0 unspecified atom stereocenters. The molecule has 12 rings (SSSR count). The van der Waals surface area contributed by atoms with Gasteiger partial charge in [0.25, 0.3) is 0 Å². The van der Waals surface area contributed by atoms with Gasteiger partial charge in [-0.1, -0.05) is 144 Å². The number of alkyl halides is 3. The first-order valence-corrected chi connectivity index (χ1v) is 37.7. The van der Waals surface area contributed by atoms with Crippen molar-refractivity contribution >= 4 is 152 Å². The van der Waals surface area contributed by atoms with Crippen LogP contribution >= 0.6 is 81.2 Å². The molecule has 0 aliphatic rings. The second kappa shape index (κ2) is 42.7. The predicted octanol–water partition coefficient (Wildman–Crippen LogP) is 14.2. The number of benzene rings is 9. The van der Waals surface area contributed by atoms with Crippen LogP contribution in [0, 0.1) is 17.5 Å². The standard InChI is InChI=1S/C26H23ClFNO3S.C24H19ClFNO3S.C20H16ClF3O6S2.C7H9BFNO2.ClH.Na.H2O/c1-2-31-25(30)12-17-6-3-4-9-22(17)32-15-16-10-20(21-13-24(27)33-23(21)11-16)19-8-5-7-18(14-29)26(19)28;25-22-11-19-18(17-6-3-5-16(12-27)24(17)26)8-14(9-21(19)31-22)13-30-20-7-2-1-4-15(20)10-23(28)29;1-2-28-19(25)9-13-5-3-4-6-15(13)29-11-12-7-16(30-32(26,27)20(22,23)24)14-10-18(21)31-17(14)8-12;9-7-5(4-10)2-1-3-6(7)8(11)12;;;/h3-11,13H,2,12,14-15,29H2,1H3;1-9,11H,10,12-13,27H2,(H,28,29);3-8,10H,2,9,11H2,1H3;1-3,11-12H,4,10H2;1H;;1H2/q;;;;;+1;/p-1. The fraction of sp³-hybridized carbons (Fsp3) is 0.182. The van der Waals surface area contributed by atoms with Crippen LogP contribution in [0.15, 0.2) is 182 Å². The molecule has 580 valence electrons. The molecule has 0 fully saturated rings. The summed E-state index contributed by atoms with van der Waals surface area (Å²) >= 11 is 22.4. The van der Waals surface area contributed by atoms with Crippen LogP contribution < -0.4 is 70.6 Å². The summed E-state index contributed by atoms with van der Waals surface area (Å²) in [6.45, 7) is 4.61. The van der Waals surface area contributed by atoms with Crippen LogP contribution in [0.2, 0.25) is 13.0 Å². The van der Waals surface area contributed by atoms with Gasteiger partial charge in [0.05, 0.1) is 45.5 Å². The second-order valence-electron chi connectivity index (χ2n) is 23.3. The first-order chi connectivity index (χ1) is 51.6. The number of carbonyl (C=O) groups excluding carboxylic acids is 2. The molecule has 0 saturated heterocycles. The first-order valence-electron chi connectivity index (χ1n) is 32.7. The summed E-state index contributed by atoms with van der Waals surface area (Å²) in [7, 11) is -7.65. The summed E-state index contributed by atoms with van der Waals surface area (Å²) in [5.74, 6) is -2.03. The average Bonchev–Trinajstić information content (AvgIpc) is 1.69. The molecule has 0 saturated carbocycles. The van der Waals surface area contributed by atoms with Crippen LogP contribution in [0.1, 0.15) is 63.9 Å². The van der Waals surface area contributed by atoms with Gasteiger partial charge in [-0.25, -0.2) is 13.2 Å². The van der Waals surface area contributed by atoms with Crippen LogP contribution in [0.5, 0.6) is 23.0 Å². The van der Waals surface area contributed by atoms with Gasteiger partial charge in [-0.2, -0.15) is 21.6 Å². The zero-order valence-corrected chi connectivity index (χ0v) is 67.5. The second-order valence-corrected chi connectivity index (χ2v) is 30.0. The van der Waals surface area contributed by atoms with E-state index in [1.165, 1.54) is 46.9 Å². The van der Waals surface area contributed by atoms with Gasteiger partial charge in [-0.15, -0.1) is 46.4 Å². The number of thiophene rings is 3. The quantitative estimate of drug-likeness (QED) is 0.0102. The van der Waals surface area contributed by atoms with Crippen molar-refractivity contribution in [3.63, 3.8) is 0 Å². The summed E-state index contributed by atoms with van der Waals surface area (Å²) in [6.07, 6.45) is -0.0220. The van der Waals surface area contributed by atoms with E-state index in [0.29, 0.717) is 81.7 Å². The van der Waals surface area contributed by atoms with Crippen molar-refractivity contribution in [1.82, 2.24) is 0 Å². The number of esters is 2. The zero-order valence-electron chi connectivity index (χ0n) is 59.1. The van der Waals surface area contributed by atoms with Crippen molar-refractivity contribution in [2.24, 2.45) is 17.2 Å². The van der Waals surface area contributed by atoms with Gasteiger partial charge in [-0.3, -0.25) is 14.4 Å². The van der Waals surface area contributed by atoms with E-state index < -0.39 is 46.3 Å². The van der Waals surface area contributed by atoms with Gasteiger partial charge < -0.3 is 65.7 Å². The zero-order chi connectivity index (χ0) is 78.0. The Morgan fingerprint density at radius 3 is 1.18 bits per heavy atom. The number of nitrogens with two attached hydrogens (primary N) is 3. The summed E-state index contributed by atoms with van der Waals surface area (Å²) in [6, 6.07) is 51.4. The molecule has 0 spiro atoms. The molecule has 3 aromatic heterocycles. The number of ether oxygens (including phenoxy) is 5. The first kappa shape index (κ1) is 91.9. The van der Waals surface area contributed by atoms with Crippen molar-refractivity contribution in [2.45, 2.75) is 78.1 Å². The molecule has 0 amide bonds. The van der Waals surface area contributed by atoms with E-state index in [-0.39, 0.29) is 151 Å². The SMILES string of the molecule is CCOC(=O)Cc1ccccc1OCc1cc(-c2cccc(CN)c2F)c2cc(Cl)sc2c1.CCOC(=O)Cc1ccccc1OCc1cc(OS(=O)(=O)C(F)(F)F)c2cc(Cl)sc2c1.Cl.NCc1cccc(-c2cc(COc3ccccc3CC(=O)O)cc3sc(Cl)cc23)c1F.NCc1cccc(B(O)O)c1F.[Na+].[OH-]. The molecule has 3 heterocycles. The average molecular weight is 1690 g/mol. The third-order valence-corrected chi connectivity index (χ3v) is 20.6. The molecule has 18 nitrogen and oxygen atoms in total. The van der Waals surface area contributed by atoms with Gasteiger partial charge in [0.2, 0.25) is 0 Å². The summed E-state index contributed by atoms with van der Waals surface area (Å²) in [5, 5.41) is 28.4. The molecule has 0 atom stereocenters. The number of carbonyl (C=O) groups is 3. The maximum absolute atomic E-state index is 15.1. The van der Waals surface area contributed by atoms with E-state index in [2.05, 4.69) is 4.18 Å². The van der Waals surface area contributed by atoms with E-state index in [4.69, 9.17) is 90.8 Å². The monoisotopic (exact) mass is 1690 g/mol. The predicted molar refractivity (Wildman–Crippen MR) is 420 cm³/mol. The largest absolute Gasteiger partial charge is 1.00 e. The number of aliphatic carboxylic acids is 1. The van der Waals surface area contributed by atoms with E-state index >= 15 is 8.78 Å². The van der Waals surface area contributed by atoms with Crippen molar-refractivity contribution in [2.75, 3.05) is 13.2 Å². The van der Waals surface area contributed by atoms with Crippen LogP contribution in [-0.4, -0.2) is 72.8 Å². The third-order valence-electron chi connectivity index (χ3n) is 16.0. The Morgan fingerprint density at radius 2 is 0.811 bits per heavy atom. The minimum absolute atomic E-state index is 0. The molecule has 34 heteroatoms. The fourth-order valence-corrected chi connectivity index (χ4v) is 15.2. The van der Waals surface area contributed by atoms with E-state index in [1.807, 2.05) is 60.7 Å². The number of carboxylic acids is 1. The smallest absolute Gasteiger partial charge is 0.870 e. The van der Waals surface area contributed by atoms with Crippen molar-refractivity contribution in [3.8, 4) is 45.3 Å². The Kier molecular flexibility index (Phi) is 35.4. The Hall–Kier alpha value is -8.02. The molecule has 0 aliphatic heterocycles. The van der Waals surface area contributed by atoms with Gasteiger partial charge in [0.15, 0.2) is 5.75 Å². The molecule has 0 bridgehead atoms. The number of halogens is 10. The van der Waals surface area contributed by atoms with Gasteiger partial charge >= 0.3 is 70.2 Å². The molecule has 10 N–H and O–H groups in total. The molecular formula is C77H69BCl4F6N3NaO15S4. The minimum Gasteiger partial charge on any atom is -0.870 e. The molecule has 0 radical (unpaired) electrons. The van der Waals surface area contributed by atoms with Crippen molar-refractivity contribution in [3.05, 3.63) is 263 Å². The topological polar surface area (TPSA) is 309 Å². The van der Waals surface area contributed by atoms with E-state index in [1.54, 1.807) is 105 Å². The number of fused-ring (bicyclic) bond motifs is 3. The molecule has 0 aliphatic carbocycles. The maximum Gasteiger partial charge on any atom is 1.00 e. The summed E-state index contributed by atoms with van der Waals surface area (Å²) in [4.78, 5) is 34.9. The van der Waals surface area contributed by atoms with Crippen LogP contribution in [0.3, 0.4) is 0 Å². The van der Waals surface area contributed by atoms with Gasteiger partial charge in [0, 0.05) is 99.9 Å². The molecular weight excluding hydrogens is 1620 g/mol. The van der Waals surface area contributed by atoms with E-state index in [0.717, 1.165) is 59.8 Å². The number of hydrogen-bond acceptors (Lipinski definition) is 20. The Morgan fingerprint density at radius 1 is 0.468 bits per heavy atom. The Bertz CT molecular complexity index is 5340. The molecule has 111 heavy (non-hydrogen) atoms. The summed E-state index contributed by atoms with van der Waals surface area (Å²) in [5.41, 5.74) is 18.4.